The monoisotopic (exact) mass is 208 g/mol. The van der Waals surface area contributed by atoms with Crippen LogP contribution >= 0.6 is 0 Å². The molecule has 4 nitrogen and oxygen atoms in total. The molecule has 1 aromatic rings. The van der Waals surface area contributed by atoms with Gasteiger partial charge in [0.25, 0.3) is 0 Å². The molecule has 0 aliphatic heterocycles. The Kier molecular flexibility index (Phi) is 3.44. The molecule has 80 valence electrons. The van der Waals surface area contributed by atoms with E-state index in [1.807, 2.05) is 0 Å². The Hall–Kier alpha value is -1.84. The van der Waals surface area contributed by atoms with Gasteiger partial charge in [-0.1, -0.05) is 13.0 Å². The van der Waals surface area contributed by atoms with E-state index in [1.54, 1.807) is 13.0 Å². The first-order chi connectivity index (χ1) is 7.04. The van der Waals surface area contributed by atoms with Crippen molar-refractivity contribution in [1.29, 1.82) is 0 Å². The Labute approximate surface area is 87.2 Å². The second-order valence-electron chi connectivity index (χ2n) is 3.47. The maximum atomic E-state index is 10.6. The molecule has 0 spiro atoms. The van der Waals surface area contributed by atoms with Gasteiger partial charge in [0.15, 0.2) is 0 Å². The summed E-state index contributed by atoms with van der Waals surface area (Å²) in [6.45, 7) is 1.76. The average Bonchev–Trinajstić information content (AvgIpc) is 2.17. The smallest absolute Gasteiger partial charge is 0.339 e. The number of aromatic carboxylic acids is 1. The van der Waals surface area contributed by atoms with E-state index in [4.69, 9.17) is 5.11 Å². The molecule has 1 atom stereocenters. The van der Waals surface area contributed by atoms with Gasteiger partial charge >= 0.3 is 5.97 Å². The third-order valence-corrected chi connectivity index (χ3v) is 2.08. The molecule has 1 aromatic carbocycles. The van der Waals surface area contributed by atoms with Gasteiger partial charge in [0.2, 0.25) is 0 Å². The van der Waals surface area contributed by atoms with E-state index in [0.29, 0.717) is 6.42 Å². The Morgan fingerprint density at radius 3 is 2.67 bits per heavy atom. The summed E-state index contributed by atoms with van der Waals surface area (Å²) in [7, 11) is 0. The maximum Gasteiger partial charge on any atom is 0.339 e. The first kappa shape index (κ1) is 11.2. The van der Waals surface area contributed by atoms with Crippen LogP contribution in [0.5, 0.6) is 5.75 Å². The van der Waals surface area contributed by atoms with Gasteiger partial charge in [-0.15, -0.1) is 0 Å². The van der Waals surface area contributed by atoms with Crippen molar-refractivity contribution in [3.8, 4) is 5.75 Å². The topological polar surface area (TPSA) is 74.6 Å². The Morgan fingerprint density at radius 1 is 1.53 bits per heavy atom. The highest BCUT2D eigenvalue weighted by Gasteiger charge is 2.10. The zero-order valence-electron chi connectivity index (χ0n) is 8.30. The van der Waals surface area contributed by atoms with Crippen LogP contribution in [-0.2, 0) is 11.2 Å². The molecule has 0 heterocycles. The number of rotatable bonds is 4. The quantitative estimate of drug-likeness (QED) is 0.735. The first-order valence-electron chi connectivity index (χ1n) is 4.55. The molecule has 0 bridgehead atoms. The third-order valence-electron chi connectivity index (χ3n) is 2.08. The highest BCUT2D eigenvalue weighted by Crippen LogP contribution is 2.20. The van der Waals surface area contributed by atoms with E-state index in [0.717, 1.165) is 11.8 Å². The third kappa shape index (κ3) is 2.80. The summed E-state index contributed by atoms with van der Waals surface area (Å²) in [6.07, 6.45) is 1.32. The van der Waals surface area contributed by atoms with Crippen molar-refractivity contribution in [1.82, 2.24) is 0 Å². The van der Waals surface area contributed by atoms with Gasteiger partial charge in [0.1, 0.15) is 17.6 Å². The van der Waals surface area contributed by atoms with Crippen molar-refractivity contribution in [3.63, 3.8) is 0 Å². The molecule has 15 heavy (non-hydrogen) atoms. The average molecular weight is 208 g/mol. The second-order valence-corrected chi connectivity index (χ2v) is 3.47. The van der Waals surface area contributed by atoms with Crippen LogP contribution in [0.15, 0.2) is 18.2 Å². The minimum Gasteiger partial charge on any atom is -0.507 e. The molecule has 0 aliphatic carbocycles. The Balaban J connectivity index is 2.91. The van der Waals surface area contributed by atoms with Gasteiger partial charge in [0.05, 0.1) is 0 Å². The maximum absolute atomic E-state index is 10.6. The van der Waals surface area contributed by atoms with Gasteiger partial charge in [-0.25, -0.2) is 4.79 Å². The number of hydrogen-bond acceptors (Lipinski definition) is 3. The highest BCUT2D eigenvalue weighted by atomic mass is 16.4. The molecule has 0 amide bonds. The van der Waals surface area contributed by atoms with Gasteiger partial charge in [-0.05, 0) is 24.1 Å². The van der Waals surface area contributed by atoms with Crippen LogP contribution in [0.2, 0.25) is 0 Å². The number of carboxylic acids is 1. The standard InChI is InChI=1S/C11H12O4/c1-7(6-12)4-8-2-3-9(11(14)15)10(13)5-8/h2-3,5-7,13H,4H2,1H3,(H,14,15). The summed E-state index contributed by atoms with van der Waals surface area (Å²) in [5.74, 6) is -1.57. The van der Waals surface area contributed by atoms with Gasteiger partial charge in [-0.2, -0.15) is 0 Å². The summed E-state index contributed by atoms with van der Waals surface area (Å²) in [5.41, 5.74) is 0.620. The molecule has 4 heteroatoms. The lowest BCUT2D eigenvalue weighted by atomic mass is 10.0. The van der Waals surface area contributed by atoms with Gasteiger partial charge < -0.3 is 15.0 Å². The van der Waals surface area contributed by atoms with E-state index in [-0.39, 0.29) is 17.2 Å². The van der Waals surface area contributed by atoms with E-state index < -0.39 is 5.97 Å². The summed E-state index contributed by atoms with van der Waals surface area (Å²) >= 11 is 0. The number of aromatic hydroxyl groups is 1. The van der Waals surface area contributed by atoms with E-state index >= 15 is 0 Å². The Morgan fingerprint density at radius 2 is 2.20 bits per heavy atom. The Bertz CT molecular complexity index is 384. The highest BCUT2D eigenvalue weighted by molar-refractivity contribution is 5.90. The van der Waals surface area contributed by atoms with Crippen LogP contribution < -0.4 is 0 Å². The lowest BCUT2D eigenvalue weighted by molar-refractivity contribution is -0.110. The number of carboxylic acid groups (broad SMARTS) is 1. The van der Waals surface area contributed by atoms with E-state index in [1.165, 1.54) is 12.1 Å². The predicted molar refractivity (Wildman–Crippen MR) is 54.0 cm³/mol. The van der Waals surface area contributed by atoms with Crippen LogP contribution in [0.25, 0.3) is 0 Å². The van der Waals surface area contributed by atoms with Crippen LogP contribution in [-0.4, -0.2) is 22.5 Å². The fourth-order valence-electron chi connectivity index (χ4n) is 1.30. The summed E-state index contributed by atoms with van der Waals surface area (Å²) in [5, 5.41) is 18.0. The number of hydrogen-bond donors (Lipinski definition) is 2. The van der Waals surface area contributed by atoms with Crippen LogP contribution in [0.3, 0.4) is 0 Å². The number of aldehydes is 1. The van der Waals surface area contributed by atoms with Crippen molar-refractivity contribution in [3.05, 3.63) is 29.3 Å². The summed E-state index contributed by atoms with van der Waals surface area (Å²) < 4.78 is 0. The lowest BCUT2D eigenvalue weighted by Gasteiger charge is -2.05. The molecule has 0 fully saturated rings. The normalized spacial score (nSPS) is 12.1. The van der Waals surface area contributed by atoms with Crippen LogP contribution in [0.4, 0.5) is 0 Å². The molecule has 0 aromatic heterocycles. The van der Waals surface area contributed by atoms with Crippen molar-refractivity contribution in [2.45, 2.75) is 13.3 Å². The summed E-state index contributed by atoms with van der Waals surface area (Å²) in [6, 6.07) is 4.32. The molecular formula is C11H12O4. The second kappa shape index (κ2) is 4.59. The van der Waals surface area contributed by atoms with Crippen molar-refractivity contribution in [2.75, 3.05) is 0 Å². The van der Waals surface area contributed by atoms with Crippen LogP contribution in [0, 0.1) is 5.92 Å². The van der Waals surface area contributed by atoms with Crippen molar-refractivity contribution in [2.24, 2.45) is 5.92 Å². The number of carbonyl (C=O) groups excluding carboxylic acids is 1. The SMILES string of the molecule is CC(C=O)Cc1ccc(C(=O)O)c(O)c1. The molecule has 0 aliphatic rings. The number of carbonyl (C=O) groups is 2. The zero-order valence-corrected chi connectivity index (χ0v) is 8.30. The fourth-order valence-corrected chi connectivity index (χ4v) is 1.30. The first-order valence-corrected chi connectivity index (χ1v) is 4.55. The van der Waals surface area contributed by atoms with Gasteiger partial charge in [-0.3, -0.25) is 0 Å². The molecule has 0 saturated heterocycles. The van der Waals surface area contributed by atoms with E-state index in [2.05, 4.69) is 0 Å². The van der Waals surface area contributed by atoms with Crippen molar-refractivity contribution < 1.29 is 19.8 Å². The molecule has 1 unspecified atom stereocenters. The van der Waals surface area contributed by atoms with E-state index in [9.17, 15) is 14.7 Å². The minimum atomic E-state index is -1.16. The summed E-state index contributed by atoms with van der Waals surface area (Å²) in [4.78, 5) is 21.0. The van der Waals surface area contributed by atoms with Gasteiger partial charge in [0, 0.05) is 5.92 Å². The minimum absolute atomic E-state index is 0.127. The number of benzene rings is 1. The zero-order chi connectivity index (χ0) is 11.4. The molecule has 0 radical (unpaired) electrons. The largest absolute Gasteiger partial charge is 0.507 e. The van der Waals surface area contributed by atoms with Crippen LogP contribution in [0.1, 0.15) is 22.8 Å². The number of phenols is 1. The lowest BCUT2D eigenvalue weighted by Crippen LogP contribution is -2.02. The fraction of sp³-hybridized carbons (Fsp3) is 0.273. The predicted octanol–water partition coefficient (Wildman–Crippen LogP) is 1.47. The van der Waals surface area contributed by atoms with Crippen molar-refractivity contribution >= 4 is 12.3 Å². The molecular weight excluding hydrogens is 196 g/mol. The molecule has 2 N–H and O–H groups in total. The molecule has 0 saturated carbocycles. The molecule has 1 rings (SSSR count).